The third-order valence-electron chi connectivity index (χ3n) is 2.16. The average molecular weight is 308 g/mol. The Hall–Kier alpha value is -0.530. The smallest absolute Gasteiger partial charge is 0.269 e. The number of benzene rings is 1. The van der Waals surface area contributed by atoms with Crippen molar-refractivity contribution in [2.24, 2.45) is 0 Å². The van der Waals surface area contributed by atoms with Crippen molar-refractivity contribution < 1.29 is 0 Å². The zero-order chi connectivity index (χ0) is 13.1. The summed E-state index contributed by atoms with van der Waals surface area (Å²) in [6.07, 6.45) is 0. The lowest BCUT2D eigenvalue weighted by atomic mass is 10.1. The van der Waals surface area contributed by atoms with Crippen LogP contribution >= 0.6 is 47.0 Å². The molecular formula is C11H9Cl3N2S. The zero-order valence-corrected chi connectivity index (χ0v) is 12.0. The van der Waals surface area contributed by atoms with E-state index in [-0.39, 0.29) is 6.54 Å². The predicted octanol–water partition coefficient (Wildman–Crippen LogP) is 3.82. The molecule has 2 nitrogen and oxygen atoms in total. The second kappa shape index (κ2) is 5.88. The van der Waals surface area contributed by atoms with Gasteiger partial charge in [-0.05, 0) is 12.5 Å². The van der Waals surface area contributed by atoms with Crippen LogP contribution in [0.1, 0.15) is 11.1 Å². The molecule has 0 spiro atoms. The van der Waals surface area contributed by atoms with Crippen molar-refractivity contribution in [3.05, 3.63) is 35.4 Å². The first-order chi connectivity index (χ1) is 7.88. The van der Waals surface area contributed by atoms with Gasteiger partial charge in [0.05, 0.1) is 6.07 Å². The Labute approximate surface area is 121 Å². The number of nitriles is 1. The lowest BCUT2D eigenvalue weighted by Crippen LogP contribution is -2.40. The minimum Gasteiger partial charge on any atom is -0.305 e. The van der Waals surface area contributed by atoms with Crippen LogP contribution in [-0.4, -0.2) is 20.3 Å². The van der Waals surface area contributed by atoms with Gasteiger partial charge in [0.15, 0.2) is 0 Å². The molecule has 0 fully saturated rings. The number of thiocarbonyl (C=S) groups is 1. The third kappa shape index (κ3) is 3.72. The van der Waals surface area contributed by atoms with Gasteiger partial charge in [0, 0.05) is 5.56 Å². The summed E-state index contributed by atoms with van der Waals surface area (Å²) < 4.78 is -1.73. The average Bonchev–Trinajstić information content (AvgIpc) is 2.24. The Morgan fingerprint density at radius 3 is 2.47 bits per heavy atom. The summed E-state index contributed by atoms with van der Waals surface area (Å²) in [4.78, 5) is 1.61. The van der Waals surface area contributed by atoms with Crippen molar-refractivity contribution >= 4 is 52.0 Å². The van der Waals surface area contributed by atoms with Crippen LogP contribution in [-0.2, 0) is 0 Å². The van der Waals surface area contributed by atoms with E-state index in [2.05, 4.69) is 0 Å². The highest BCUT2D eigenvalue weighted by molar-refractivity contribution is 7.80. The number of alkyl halides is 3. The van der Waals surface area contributed by atoms with Gasteiger partial charge in [0.1, 0.15) is 11.5 Å². The number of hydrogen-bond donors (Lipinski definition) is 0. The minimum atomic E-state index is -1.73. The van der Waals surface area contributed by atoms with Crippen molar-refractivity contribution in [1.82, 2.24) is 4.90 Å². The Balaban J connectivity index is 3.10. The molecule has 0 heterocycles. The Bertz CT molecular complexity index is 463. The highest BCUT2D eigenvalue weighted by atomic mass is 35.6. The van der Waals surface area contributed by atoms with E-state index in [0.29, 0.717) is 4.99 Å². The molecule has 0 atom stereocenters. The molecule has 0 aliphatic carbocycles. The van der Waals surface area contributed by atoms with Crippen molar-refractivity contribution in [3.63, 3.8) is 0 Å². The highest BCUT2D eigenvalue weighted by Gasteiger charge is 2.32. The van der Waals surface area contributed by atoms with E-state index in [0.717, 1.165) is 11.1 Å². The molecule has 0 aliphatic heterocycles. The Morgan fingerprint density at radius 2 is 2.00 bits per heavy atom. The molecule has 0 N–H and O–H groups in total. The Morgan fingerprint density at radius 1 is 1.41 bits per heavy atom. The maximum atomic E-state index is 8.74. The van der Waals surface area contributed by atoms with Crippen LogP contribution < -0.4 is 0 Å². The highest BCUT2D eigenvalue weighted by Crippen LogP contribution is 2.32. The summed E-state index contributed by atoms with van der Waals surface area (Å²) in [5, 5.41) is 8.74. The summed E-state index contributed by atoms with van der Waals surface area (Å²) >= 11 is 22.6. The van der Waals surface area contributed by atoms with Crippen molar-refractivity contribution in [1.29, 1.82) is 5.26 Å². The molecule has 1 aromatic carbocycles. The van der Waals surface area contributed by atoms with Crippen LogP contribution in [0.5, 0.6) is 0 Å². The second-order valence-corrected chi connectivity index (χ2v) is 5.94. The first-order valence-electron chi connectivity index (χ1n) is 4.69. The summed E-state index contributed by atoms with van der Waals surface area (Å²) in [7, 11) is 0. The van der Waals surface area contributed by atoms with Gasteiger partial charge in [-0.2, -0.15) is 5.26 Å². The van der Waals surface area contributed by atoms with Crippen LogP contribution in [0.3, 0.4) is 0 Å². The Kier molecular flexibility index (Phi) is 5.03. The molecule has 0 amide bonds. The summed E-state index contributed by atoms with van der Waals surface area (Å²) in [6, 6.07) is 9.41. The van der Waals surface area contributed by atoms with Crippen LogP contribution in [0.4, 0.5) is 0 Å². The molecule has 1 rings (SSSR count). The molecule has 0 radical (unpaired) electrons. The molecule has 0 saturated carbocycles. The zero-order valence-electron chi connectivity index (χ0n) is 8.95. The SMILES string of the molecule is Cc1ccccc1C(=S)N(CC#N)C(Cl)(Cl)Cl. The molecular weight excluding hydrogens is 299 g/mol. The minimum absolute atomic E-state index is 0.0797. The van der Waals surface area contributed by atoms with Gasteiger partial charge >= 0.3 is 0 Å². The normalized spacial score (nSPS) is 10.8. The van der Waals surface area contributed by atoms with E-state index in [1.165, 1.54) is 4.90 Å². The van der Waals surface area contributed by atoms with Crippen LogP contribution in [0.2, 0.25) is 0 Å². The van der Waals surface area contributed by atoms with E-state index < -0.39 is 3.92 Å². The second-order valence-electron chi connectivity index (χ2n) is 3.33. The van der Waals surface area contributed by atoms with Crippen molar-refractivity contribution in [2.75, 3.05) is 6.54 Å². The monoisotopic (exact) mass is 306 g/mol. The van der Waals surface area contributed by atoms with E-state index in [9.17, 15) is 0 Å². The fourth-order valence-corrected chi connectivity index (χ4v) is 2.32. The van der Waals surface area contributed by atoms with Gasteiger partial charge < -0.3 is 4.90 Å². The number of nitrogens with zero attached hydrogens (tertiary/aromatic N) is 2. The fourth-order valence-electron chi connectivity index (χ4n) is 1.31. The summed E-state index contributed by atoms with van der Waals surface area (Å²) in [5.41, 5.74) is 1.75. The first-order valence-corrected chi connectivity index (χ1v) is 6.23. The molecule has 1 aromatic rings. The van der Waals surface area contributed by atoms with Crippen LogP contribution in [0.25, 0.3) is 0 Å². The molecule has 0 aromatic heterocycles. The maximum absolute atomic E-state index is 8.74. The molecule has 17 heavy (non-hydrogen) atoms. The predicted molar refractivity (Wildman–Crippen MR) is 75.5 cm³/mol. The summed E-state index contributed by atoms with van der Waals surface area (Å²) in [5.74, 6) is 0. The molecule has 90 valence electrons. The van der Waals surface area contributed by atoms with Gasteiger partial charge in [-0.15, -0.1) is 0 Å². The molecule has 6 heteroatoms. The third-order valence-corrected chi connectivity index (χ3v) is 3.21. The summed E-state index contributed by atoms with van der Waals surface area (Å²) in [6.45, 7) is 1.83. The number of hydrogen-bond acceptors (Lipinski definition) is 2. The van der Waals surface area contributed by atoms with E-state index in [4.69, 9.17) is 52.3 Å². The molecule has 0 unspecified atom stereocenters. The number of rotatable bonds is 2. The topological polar surface area (TPSA) is 27.0 Å². The number of aryl methyl sites for hydroxylation is 1. The van der Waals surface area contributed by atoms with Crippen molar-refractivity contribution in [3.8, 4) is 6.07 Å². The van der Waals surface area contributed by atoms with Gasteiger partial charge in [-0.1, -0.05) is 71.3 Å². The molecule has 0 aliphatic rings. The lowest BCUT2D eigenvalue weighted by molar-refractivity contribution is 0.487. The van der Waals surface area contributed by atoms with Crippen molar-refractivity contribution in [2.45, 2.75) is 10.8 Å². The fraction of sp³-hybridized carbons (Fsp3) is 0.273. The van der Waals surface area contributed by atoms with Crippen LogP contribution in [0.15, 0.2) is 24.3 Å². The quantitative estimate of drug-likeness (QED) is 0.360. The largest absolute Gasteiger partial charge is 0.305 e. The molecule has 0 bridgehead atoms. The van der Waals surface area contributed by atoms with Gasteiger partial charge in [0.2, 0.25) is 0 Å². The number of halogens is 3. The van der Waals surface area contributed by atoms with Gasteiger partial charge in [-0.25, -0.2) is 0 Å². The van der Waals surface area contributed by atoms with Gasteiger partial charge in [-0.3, -0.25) is 0 Å². The maximum Gasteiger partial charge on any atom is 0.269 e. The van der Waals surface area contributed by atoms with E-state index in [1.807, 2.05) is 37.3 Å². The standard InChI is InChI=1S/C11H9Cl3N2S/c1-8-4-2-3-5-9(8)10(17)16(7-6-15)11(12,13)14/h2-5H,7H2,1H3. The first kappa shape index (κ1) is 14.5. The van der Waals surface area contributed by atoms with Crippen LogP contribution in [0, 0.1) is 18.3 Å². The van der Waals surface area contributed by atoms with E-state index in [1.54, 1.807) is 0 Å². The van der Waals surface area contributed by atoms with E-state index >= 15 is 0 Å². The van der Waals surface area contributed by atoms with Gasteiger partial charge in [0.25, 0.3) is 3.92 Å². The molecule has 0 saturated heterocycles. The lowest BCUT2D eigenvalue weighted by Gasteiger charge is -2.29.